The standard InChI is InChI=1S/C13H22N2OS/c1-5-14-13(3,4)12(16)15-10(2)8-11-6-7-17-9-11/h6-7,9-10,14H,5,8H2,1-4H3,(H,15,16). The summed E-state index contributed by atoms with van der Waals surface area (Å²) in [4.78, 5) is 12.0. The van der Waals surface area contributed by atoms with Gasteiger partial charge in [0.2, 0.25) is 5.91 Å². The first-order chi connectivity index (χ1) is 7.95. The molecule has 0 fully saturated rings. The van der Waals surface area contributed by atoms with Crippen LogP contribution in [0.5, 0.6) is 0 Å². The zero-order valence-corrected chi connectivity index (χ0v) is 11.9. The van der Waals surface area contributed by atoms with Gasteiger partial charge in [0.05, 0.1) is 5.54 Å². The first-order valence-electron chi connectivity index (χ1n) is 6.02. The van der Waals surface area contributed by atoms with Crippen molar-refractivity contribution in [1.29, 1.82) is 0 Å². The fourth-order valence-corrected chi connectivity index (χ4v) is 2.42. The summed E-state index contributed by atoms with van der Waals surface area (Å²) in [6.45, 7) is 8.65. The Kier molecular flexibility index (Phi) is 5.15. The fraction of sp³-hybridized carbons (Fsp3) is 0.615. The molecule has 0 saturated carbocycles. The van der Waals surface area contributed by atoms with E-state index in [1.165, 1.54) is 5.56 Å². The monoisotopic (exact) mass is 254 g/mol. The van der Waals surface area contributed by atoms with E-state index in [0.717, 1.165) is 13.0 Å². The van der Waals surface area contributed by atoms with Gasteiger partial charge in [0.1, 0.15) is 0 Å². The molecule has 0 aliphatic heterocycles. The van der Waals surface area contributed by atoms with E-state index in [-0.39, 0.29) is 11.9 Å². The molecule has 1 rings (SSSR count). The first-order valence-corrected chi connectivity index (χ1v) is 6.97. The number of carbonyl (C=O) groups is 1. The zero-order valence-electron chi connectivity index (χ0n) is 11.0. The number of likely N-dealkylation sites (N-methyl/N-ethyl adjacent to an activating group) is 1. The highest BCUT2D eigenvalue weighted by atomic mass is 32.1. The number of rotatable bonds is 6. The number of thiophene rings is 1. The average Bonchev–Trinajstić information content (AvgIpc) is 2.69. The smallest absolute Gasteiger partial charge is 0.239 e. The summed E-state index contributed by atoms with van der Waals surface area (Å²) in [5, 5.41) is 10.4. The van der Waals surface area contributed by atoms with Crippen LogP contribution in [0, 0.1) is 0 Å². The van der Waals surface area contributed by atoms with E-state index in [2.05, 4.69) is 27.5 Å². The second kappa shape index (κ2) is 6.17. The van der Waals surface area contributed by atoms with Crippen LogP contribution in [0.3, 0.4) is 0 Å². The van der Waals surface area contributed by atoms with Gasteiger partial charge in [-0.2, -0.15) is 11.3 Å². The summed E-state index contributed by atoms with van der Waals surface area (Å²) in [5.74, 6) is 0.0575. The molecule has 3 nitrogen and oxygen atoms in total. The third-order valence-electron chi connectivity index (χ3n) is 2.69. The van der Waals surface area contributed by atoms with Crippen LogP contribution in [-0.2, 0) is 11.2 Å². The molecule has 1 aromatic heterocycles. The lowest BCUT2D eigenvalue weighted by Crippen LogP contribution is -2.54. The molecule has 1 aromatic rings. The van der Waals surface area contributed by atoms with Gasteiger partial charge in [-0.15, -0.1) is 0 Å². The lowest BCUT2D eigenvalue weighted by atomic mass is 10.0. The van der Waals surface area contributed by atoms with E-state index < -0.39 is 5.54 Å². The van der Waals surface area contributed by atoms with Crippen LogP contribution in [0.15, 0.2) is 16.8 Å². The van der Waals surface area contributed by atoms with Gasteiger partial charge in [0.25, 0.3) is 0 Å². The molecule has 1 heterocycles. The van der Waals surface area contributed by atoms with Crippen molar-refractivity contribution in [1.82, 2.24) is 10.6 Å². The molecule has 1 amide bonds. The summed E-state index contributed by atoms with van der Waals surface area (Å²) in [6, 6.07) is 2.26. The largest absolute Gasteiger partial charge is 0.352 e. The predicted octanol–water partition coefficient (Wildman–Crippen LogP) is 2.18. The minimum absolute atomic E-state index is 0.0575. The van der Waals surface area contributed by atoms with Gasteiger partial charge >= 0.3 is 0 Å². The average molecular weight is 254 g/mol. The van der Waals surface area contributed by atoms with Crippen LogP contribution in [0.2, 0.25) is 0 Å². The van der Waals surface area contributed by atoms with Crippen LogP contribution in [0.1, 0.15) is 33.3 Å². The Morgan fingerprint density at radius 3 is 2.76 bits per heavy atom. The Labute approximate surface area is 108 Å². The molecule has 17 heavy (non-hydrogen) atoms. The summed E-state index contributed by atoms with van der Waals surface area (Å²) in [6.07, 6.45) is 0.886. The molecular weight excluding hydrogens is 232 g/mol. The summed E-state index contributed by atoms with van der Waals surface area (Å²) < 4.78 is 0. The normalized spacial score (nSPS) is 13.4. The van der Waals surface area contributed by atoms with E-state index in [4.69, 9.17) is 0 Å². The minimum atomic E-state index is -0.502. The molecule has 1 unspecified atom stereocenters. The van der Waals surface area contributed by atoms with Crippen molar-refractivity contribution in [2.24, 2.45) is 0 Å². The second-order valence-corrected chi connectivity index (χ2v) is 5.65. The molecule has 0 bridgehead atoms. The summed E-state index contributed by atoms with van der Waals surface area (Å²) in [7, 11) is 0. The predicted molar refractivity (Wildman–Crippen MR) is 73.4 cm³/mol. The van der Waals surface area contributed by atoms with Crippen molar-refractivity contribution in [2.75, 3.05) is 6.54 Å². The van der Waals surface area contributed by atoms with Crippen molar-refractivity contribution in [3.8, 4) is 0 Å². The van der Waals surface area contributed by atoms with Crippen LogP contribution < -0.4 is 10.6 Å². The second-order valence-electron chi connectivity index (χ2n) is 4.87. The quantitative estimate of drug-likeness (QED) is 0.817. The summed E-state index contributed by atoms with van der Waals surface area (Å²) in [5.41, 5.74) is 0.779. The van der Waals surface area contributed by atoms with Crippen LogP contribution in [0.4, 0.5) is 0 Å². The number of nitrogens with one attached hydrogen (secondary N) is 2. The van der Waals surface area contributed by atoms with Gasteiger partial charge in [-0.1, -0.05) is 6.92 Å². The van der Waals surface area contributed by atoms with Crippen molar-refractivity contribution in [3.05, 3.63) is 22.4 Å². The molecule has 4 heteroatoms. The Balaban J connectivity index is 2.45. The van der Waals surface area contributed by atoms with Crippen molar-refractivity contribution in [2.45, 2.75) is 45.7 Å². The Morgan fingerprint density at radius 1 is 1.53 bits per heavy atom. The maximum absolute atomic E-state index is 12.0. The molecule has 2 N–H and O–H groups in total. The molecule has 0 aromatic carbocycles. The maximum atomic E-state index is 12.0. The molecule has 96 valence electrons. The Morgan fingerprint density at radius 2 is 2.24 bits per heavy atom. The lowest BCUT2D eigenvalue weighted by Gasteiger charge is -2.26. The van der Waals surface area contributed by atoms with Crippen molar-refractivity contribution >= 4 is 17.2 Å². The topological polar surface area (TPSA) is 41.1 Å². The molecule has 1 atom stereocenters. The van der Waals surface area contributed by atoms with E-state index in [1.54, 1.807) is 11.3 Å². The first kappa shape index (κ1) is 14.2. The maximum Gasteiger partial charge on any atom is 0.239 e. The number of hydrogen-bond donors (Lipinski definition) is 2. The number of carbonyl (C=O) groups excluding carboxylic acids is 1. The highest BCUT2D eigenvalue weighted by Gasteiger charge is 2.26. The third-order valence-corrected chi connectivity index (χ3v) is 3.42. The van der Waals surface area contributed by atoms with E-state index >= 15 is 0 Å². The van der Waals surface area contributed by atoms with Crippen molar-refractivity contribution in [3.63, 3.8) is 0 Å². The van der Waals surface area contributed by atoms with Gasteiger partial charge in [0.15, 0.2) is 0 Å². The highest BCUT2D eigenvalue weighted by Crippen LogP contribution is 2.09. The van der Waals surface area contributed by atoms with Gasteiger partial charge in [-0.3, -0.25) is 4.79 Å². The van der Waals surface area contributed by atoms with Crippen molar-refractivity contribution < 1.29 is 4.79 Å². The molecule has 0 radical (unpaired) electrons. The zero-order chi connectivity index (χ0) is 12.9. The highest BCUT2D eigenvalue weighted by molar-refractivity contribution is 7.07. The Hall–Kier alpha value is -0.870. The van der Waals surface area contributed by atoms with Crippen LogP contribution >= 0.6 is 11.3 Å². The summed E-state index contributed by atoms with van der Waals surface area (Å²) >= 11 is 1.69. The lowest BCUT2D eigenvalue weighted by molar-refractivity contribution is -0.127. The van der Waals surface area contributed by atoms with Gasteiger partial charge in [0, 0.05) is 6.04 Å². The van der Waals surface area contributed by atoms with Gasteiger partial charge < -0.3 is 10.6 Å². The molecule has 0 aliphatic carbocycles. The number of amides is 1. The Bertz CT molecular complexity index is 346. The van der Waals surface area contributed by atoms with Crippen LogP contribution in [0.25, 0.3) is 0 Å². The van der Waals surface area contributed by atoms with Gasteiger partial charge in [-0.05, 0) is 56.1 Å². The SMILES string of the molecule is CCNC(C)(C)C(=O)NC(C)Cc1ccsc1. The van der Waals surface area contributed by atoms with E-state index in [1.807, 2.05) is 27.7 Å². The third kappa shape index (κ3) is 4.48. The van der Waals surface area contributed by atoms with Crippen LogP contribution in [-0.4, -0.2) is 24.0 Å². The molecule has 0 spiro atoms. The van der Waals surface area contributed by atoms with Gasteiger partial charge in [-0.25, -0.2) is 0 Å². The molecule has 0 aliphatic rings. The fourth-order valence-electron chi connectivity index (χ4n) is 1.74. The van der Waals surface area contributed by atoms with E-state index in [0.29, 0.717) is 0 Å². The minimum Gasteiger partial charge on any atom is -0.352 e. The number of hydrogen-bond acceptors (Lipinski definition) is 3. The molecular formula is C13H22N2OS. The van der Waals surface area contributed by atoms with E-state index in [9.17, 15) is 4.79 Å². The molecule has 0 saturated heterocycles.